The van der Waals surface area contributed by atoms with Gasteiger partial charge in [0.25, 0.3) is 0 Å². The highest BCUT2D eigenvalue weighted by Crippen LogP contribution is 2.09. The molecule has 0 spiro atoms. The van der Waals surface area contributed by atoms with Crippen molar-refractivity contribution < 1.29 is 0 Å². The minimum Gasteiger partial charge on any atom is -0.388 e. The van der Waals surface area contributed by atoms with Gasteiger partial charge in [0.05, 0.1) is 0 Å². The van der Waals surface area contributed by atoms with Crippen LogP contribution in [0.3, 0.4) is 0 Å². The van der Waals surface area contributed by atoms with Gasteiger partial charge in [-0.1, -0.05) is 36.4 Å². The van der Waals surface area contributed by atoms with Gasteiger partial charge in [-0.05, 0) is 24.6 Å². The minimum absolute atomic E-state index is 0.618. The van der Waals surface area contributed by atoms with Crippen LogP contribution in [0.25, 0.3) is 0 Å². The summed E-state index contributed by atoms with van der Waals surface area (Å²) in [5.41, 5.74) is 1.42. The Morgan fingerprint density at radius 3 is 2.75 bits per heavy atom. The molecule has 1 unspecified atom stereocenters. The first-order valence-corrected chi connectivity index (χ1v) is 4.40. The molecule has 0 saturated carbocycles. The number of benzene rings is 1. The molecule has 1 atom stereocenters. The fraction of sp³-hybridized carbons (Fsp3) is 0.273. The maximum absolute atomic E-state index is 3.32. The smallest absolute Gasteiger partial charge is 0.0331 e. The van der Waals surface area contributed by atoms with Gasteiger partial charge >= 0.3 is 0 Å². The van der Waals surface area contributed by atoms with Crippen molar-refractivity contribution in [3.05, 3.63) is 48.2 Å². The van der Waals surface area contributed by atoms with E-state index in [2.05, 4.69) is 41.7 Å². The summed E-state index contributed by atoms with van der Waals surface area (Å²) in [6.45, 7) is 0. The average molecular weight is 159 g/mol. The summed E-state index contributed by atoms with van der Waals surface area (Å²) >= 11 is 0. The lowest BCUT2D eigenvalue weighted by atomic mass is 10.1. The van der Waals surface area contributed by atoms with Crippen molar-refractivity contribution in [2.24, 2.45) is 0 Å². The lowest BCUT2D eigenvalue weighted by Crippen LogP contribution is -2.21. The van der Waals surface area contributed by atoms with Crippen LogP contribution in [-0.2, 0) is 6.42 Å². The predicted octanol–water partition coefficient (Wildman–Crippen LogP) is 2.10. The molecule has 62 valence electrons. The van der Waals surface area contributed by atoms with E-state index in [1.54, 1.807) is 0 Å². The van der Waals surface area contributed by atoms with Gasteiger partial charge in [0.15, 0.2) is 0 Å². The van der Waals surface area contributed by atoms with Crippen LogP contribution in [-0.4, -0.2) is 6.04 Å². The second-order valence-corrected chi connectivity index (χ2v) is 3.19. The molecule has 1 aromatic rings. The standard InChI is InChI=1S/C11H13N/c1-2-5-10(6-3-1)9-11-7-4-8-12-11/h1-6,8,11-12H,7,9H2. The molecule has 2 rings (SSSR count). The van der Waals surface area contributed by atoms with E-state index >= 15 is 0 Å². The summed E-state index contributed by atoms with van der Waals surface area (Å²) < 4.78 is 0. The summed E-state index contributed by atoms with van der Waals surface area (Å²) in [6, 6.07) is 11.2. The van der Waals surface area contributed by atoms with Crippen LogP contribution in [0.1, 0.15) is 12.0 Å². The van der Waals surface area contributed by atoms with Gasteiger partial charge < -0.3 is 5.32 Å². The van der Waals surface area contributed by atoms with Crippen LogP contribution >= 0.6 is 0 Å². The largest absolute Gasteiger partial charge is 0.388 e. The maximum Gasteiger partial charge on any atom is 0.0331 e. The fourth-order valence-electron chi connectivity index (χ4n) is 1.55. The van der Waals surface area contributed by atoms with Crippen LogP contribution in [0.4, 0.5) is 0 Å². The van der Waals surface area contributed by atoms with Crippen LogP contribution in [0.2, 0.25) is 0 Å². The molecule has 0 aliphatic carbocycles. The molecule has 1 heterocycles. The van der Waals surface area contributed by atoms with Crippen molar-refractivity contribution in [2.75, 3.05) is 0 Å². The third-order valence-corrected chi connectivity index (χ3v) is 2.20. The SMILES string of the molecule is C1=CNC(Cc2ccccc2)C1. The van der Waals surface area contributed by atoms with Crippen molar-refractivity contribution in [1.82, 2.24) is 5.32 Å². The molecule has 1 nitrogen and oxygen atoms in total. The zero-order valence-corrected chi connectivity index (χ0v) is 7.03. The zero-order valence-electron chi connectivity index (χ0n) is 7.03. The van der Waals surface area contributed by atoms with E-state index in [0.29, 0.717) is 6.04 Å². The maximum atomic E-state index is 3.32. The zero-order chi connectivity index (χ0) is 8.23. The van der Waals surface area contributed by atoms with E-state index < -0.39 is 0 Å². The van der Waals surface area contributed by atoms with Crippen molar-refractivity contribution in [3.8, 4) is 0 Å². The Bertz CT molecular complexity index is 256. The Hall–Kier alpha value is -1.24. The third-order valence-electron chi connectivity index (χ3n) is 2.20. The first-order valence-electron chi connectivity index (χ1n) is 4.40. The first kappa shape index (κ1) is 7.41. The van der Waals surface area contributed by atoms with Crippen LogP contribution in [0, 0.1) is 0 Å². The fourth-order valence-corrected chi connectivity index (χ4v) is 1.55. The first-order chi connectivity index (χ1) is 5.95. The Morgan fingerprint density at radius 2 is 2.08 bits per heavy atom. The van der Waals surface area contributed by atoms with Gasteiger partial charge in [0.1, 0.15) is 0 Å². The van der Waals surface area contributed by atoms with E-state index in [-0.39, 0.29) is 0 Å². The number of hydrogen-bond acceptors (Lipinski definition) is 1. The molecule has 1 N–H and O–H groups in total. The molecule has 0 saturated heterocycles. The summed E-state index contributed by atoms with van der Waals surface area (Å²) in [5, 5.41) is 3.32. The molecule has 0 bridgehead atoms. The molecule has 0 radical (unpaired) electrons. The number of nitrogens with one attached hydrogen (secondary N) is 1. The van der Waals surface area contributed by atoms with Gasteiger partial charge in [-0.3, -0.25) is 0 Å². The second kappa shape index (κ2) is 3.44. The summed E-state index contributed by atoms with van der Waals surface area (Å²) in [4.78, 5) is 0. The second-order valence-electron chi connectivity index (χ2n) is 3.19. The predicted molar refractivity (Wildman–Crippen MR) is 50.8 cm³/mol. The van der Waals surface area contributed by atoms with E-state index in [1.165, 1.54) is 5.56 Å². The molecule has 0 amide bonds. The van der Waals surface area contributed by atoms with Crippen LogP contribution in [0.15, 0.2) is 42.6 Å². The summed E-state index contributed by atoms with van der Waals surface area (Å²) in [6.07, 6.45) is 6.53. The van der Waals surface area contributed by atoms with Crippen LogP contribution in [0.5, 0.6) is 0 Å². The molecule has 12 heavy (non-hydrogen) atoms. The van der Waals surface area contributed by atoms with Crippen molar-refractivity contribution in [1.29, 1.82) is 0 Å². The Kier molecular flexibility index (Phi) is 2.12. The molecular weight excluding hydrogens is 146 g/mol. The minimum atomic E-state index is 0.618. The Balaban J connectivity index is 1.95. The van der Waals surface area contributed by atoms with Crippen LogP contribution < -0.4 is 5.32 Å². The Labute approximate surface area is 73.1 Å². The molecule has 0 aromatic heterocycles. The quantitative estimate of drug-likeness (QED) is 0.696. The molecule has 0 fully saturated rings. The monoisotopic (exact) mass is 159 g/mol. The van der Waals surface area contributed by atoms with E-state index in [4.69, 9.17) is 0 Å². The topological polar surface area (TPSA) is 12.0 Å². The molecule has 1 heteroatoms. The highest BCUT2D eigenvalue weighted by molar-refractivity contribution is 5.17. The van der Waals surface area contributed by atoms with Gasteiger partial charge in [0, 0.05) is 6.04 Å². The summed E-state index contributed by atoms with van der Waals surface area (Å²) in [7, 11) is 0. The molecule has 1 aromatic carbocycles. The van der Waals surface area contributed by atoms with Gasteiger partial charge in [0.2, 0.25) is 0 Å². The Morgan fingerprint density at radius 1 is 1.25 bits per heavy atom. The van der Waals surface area contributed by atoms with E-state index in [9.17, 15) is 0 Å². The molecular formula is C11H13N. The van der Waals surface area contributed by atoms with Crippen molar-refractivity contribution in [2.45, 2.75) is 18.9 Å². The number of hydrogen-bond donors (Lipinski definition) is 1. The lowest BCUT2D eigenvalue weighted by Gasteiger charge is -2.09. The molecule has 1 aliphatic heterocycles. The average Bonchev–Trinajstić information content (AvgIpc) is 2.59. The molecule has 1 aliphatic rings. The van der Waals surface area contributed by atoms with Crippen molar-refractivity contribution in [3.63, 3.8) is 0 Å². The highest BCUT2D eigenvalue weighted by atomic mass is 14.9. The van der Waals surface area contributed by atoms with Crippen molar-refractivity contribution >= 4 is 0 Å². The van der Waals surface area contributed by atoms with Gasteiger partial charge in [-0.2, -0.15) is 0 Å². The normalized spacial score (nSPS) is 20.8. The third kappa shape index (κ3) is 1.67. The van der Waals surface area contributed by atoms with Gasteiger partial charge in [-0.25, -0.2) is 0 Å². The highest BCUT2D eigenvalue weighted by Gasteiger charge is 2.08. The lowest BCUT2D eigenvalue weighted by molar-refractivity contribution is 0.624. The number of rotatable bonds is 2. The summed E-state index contributed by atoms with van der Waals surface area (Å²) in [5.74, 6) is 0. The van der Waals surface area contributed by atoms with E-state index in [0.717, 1.165) is 12.8 Å². The van der Waals surface area contributed by atoms with Gasteiger partial charge in [-0.15, -0.1) is 0 Å². The van der Waals surface area contributed by atoms with E-state index in [1.807, 2.05) is 6.20 Å².